The topological polar surface area (TPSA) is 32.3 Å². The summed E-state index contributed by atoms with van der Waals surface area (Å²) in [5.74, 6) is 0. The van der Waals surface area contributed by atoms with Crippen LogP contribution in [0.1, 0.15) is 38.3 Å². The Kier molecular flexibility index (Phi) is 4.30. The lowest BCUT2D eigenvalue weighted by atomic mass is 10.0. The van der Waals surface area contributed by atoms with Crippen LogP contribution < -0.4 is 5.32 Å². The highest BCUT2D eigenvalue weighted by Crippen LogP contribution is 2.43. The molecule has 0 radical (unpaired) electrons. The van der Waals surface area contributed by atoms with E-state index in [4.69, 9.17) is 5.11 Å². The molecule has 1 aromatic heterocycles. The average molecular weight is 257 g/mol. The van der Waals surface area contributed by atoms with Gasteiger partial charge in [-0.25, -0.2) is 0 Å². The van der Waals surface area contributed by atoms with Crippen molar-refractivity contribution in [2.75, 3.05) is 6.61 Å². The number of rotatable bonds is 4. The first-order valence-electron chi connectivity index (χ1n) is 5.81. The third-order valence-corrected chi connectivity index (χ3v) is 5.30. The number of nitrogens with one attached hydrogen (secondary N) is 1. The van der Waals surface area contributed by atoms with Crippen LogP contribution in [0, 0.1) is 0 Å². The second kappa shape index (κ2) is 5.54. The third kappa shape index (κ3) is 2.80. The quantitative estimate of drug-likeness (QED) is 0.869. The van der Waals surface area contributed by atoms with Crippen LogP contribution in [0.3, 0.4) is 0 Å². The van der Waals surface area contributed by atoms with Crippen molar-refractivity contribution < 1.29 is 5.11 Å². The zero-order valence-corrected chi connectivity index (χ0v) is 11.4. The number of aliphatic hydroxyl groups is 1. The van der Waals surface area contributed by atoms with Crippen LogP contribution in [-0.4, -0.2) is 23.0 Å². The number of fused-ring (bicyclic) bond motifs is 1. The maximum absolute atomic E-state index is 8.93. The summed E-state index contributed by atoms with van der Waals surface area (Å²) in [4.78, 5) is 0. The summed E-state index contributed by atoms with van der Waals surface area (Å²) < 4.78 is 1.47. The molecule has 2 nitrogen and oxygen atoms in total. The van der Waals surface area contributed by atoms with Gasteiger partial charge in [-0.05, 0) is 36.8 Å². The minimum Gasteiger partial charge on any atom is -0.396 e. The molecule has 0 fully saturated rings. The first kappa shape index (κ1) is 12.4. The average Bonchev–Trinajstić information content (AvgIpc) is 2.65. The van der Waals surface area contributed by atoms with Crippen LogP contribution in [-0.2, 0) is 0 Å². The van der Waals surface area contributed by atoms with Crippen molar-refractivity contribution in [3.63, 3.8) is 0 Å². The summed E-state index contributed by atoms with van der Waals surface area (Å²) in [6.45, 7) is 4.70. The minimum atomic E-state index is 0.266. The predicted molar refractivity (Wildman–Crippen MR) is 71.3 cm³/mol. The van der Waals surface area contributed by atoms with Crippen molar-refractivity contribution in [1.82, 2.24) is 5.32 Å². The van der Waals surface area contributed by atoms with Gasteiger partial charge in [0.25, 0.3) is 0 Å². The van der Waals surface area contributed by atoms with Crippen LogP contribution in [0.5, 0.6) is 0 Å². The fourth-order valence-electron chi connectivity index (χ4n) is 2.13. The largest absolute Gasteiger partial charge is 0.396 e. The summed E-state index contributed by atoms with van der Waals surface area (Å²) >= 11 is 3.84. The van der Waals surface area contributed by atoms with Gasteiger partial charge in [-0.3, -0.25) is 0 Å². The van der Waals surface area contributed by atoms with Crippen molar-refractivity contribution in [2.24, 2.45) is 0 Å². The molecule has 16 heavy (non-hydrogen) atoms. The van der Waals surface area contributed by atoms with Gasteiger partial charge in [-0.2, -0.15) is 0 Å². The van der Waals surface area contributed by atoms with Gasteiger partial charge in [0.1, 0.15) is 0 Å². The monoisotopic (exact) mass is 257 g/mol. The van der Waals surface area contributed by atoms with Gasteiger partial charge in [0.15, 0.2) is 0 Å². The highest BCUT2D eigenvalue weighted by atomic mass is 32.2. The molecule has 90 valence electrons. The van der Waals surface area contributed by atoms with Gasteiger partial charge in [0, 0.05) is 23.9 Å². The number of hydrogen-bond donors (Lipinski definition) is 2. The number of thioether (sulfide) groups is 1. The molecule has 0 bridgehead atoms. The second-order valence-corrected chi connectivity index (χ2v) is 7.08. The fourth-order valence-corrected chi connectivity index (χ4v) is 4.69. The second-order valence-electron chi connectivity index (χ2n) is 4.46. The summed E-state index contributed by atoms with van der Waals surface area (Å²) in [5, 5.41) is 15.4. The molecule has 0 saturated carbocycles. The normalized spacial score (nSPS) is 26.4. The maximum Gasteiger partial charge on any atom is 0.0649 e. The van der Waals surface area contributed by atoms with Gasteiger partial charge >= 0.3 is 0 Å². The Morgan fingerprint density at radius 1 is 1.62 bits per heavy atom. The molecular formula is C12H19NOS2. The fraction of sp³-hybridized carbons (Fsp3) is 0.667. The molecule has 1 aliphatic heterocycles. The van der Waals surface area contributed by atoms with Crippen LogP contribution >= 0.6 is 23.1 Å². The smallest absolute Gasteiger partial charge is 0.0649 e. The molecule has 3 atom stereocenters. The summed E-state index contributed by atoms with van der Waals surface area (Å²) in [7, 11) is 0. The predicted octanol–water partition coefficient (Wildman–Crippen LogP) is 3.03. The van der Waals surface area contributed by atoms with Crippen molar-refractivity contribution in [2.45, 2.75) is 48.2 Å². The van der Waals surface area contributed by atoms with Crippen LogP contribution in [0.25, 0.3) is 0 Å². The molecule has 0 saturated heterocycles. The van der Waals surface area contributed by atoms with Crippen LogP contribution in [0.4, 0.5) is 0 Å². The third-order valence-electron chi connectivity index (χ3n) is 2.96. The molecule has 0 aromatic carbocycles. The van der Waals surface area contributed by atoms with E-state index in [1.54, 1.807) is 0 Å². The molecule has 2 N–H and O–H groups in total. The minimum absolute atomic E-state index is 0.266. The van der Waals surface area contributed by atoms with E-state index in [0.29, 0.717) is 17.3 Å². The van der Waals surface area contributed by atoms with Crippen molar-refractivity contribution in [3.05, 3.63) is 17.0 Å². The van der Waals surface area contributed by atoms with E-state index in [0.717, 1.165) is 6.42 Å². The van der Waals surface area contributed by atoms with Gasteiger partial charge < -0.3 is 10.4 Å². The maximum atomic E-state index is 8.93. The van der Waals surface area contributed by atoms with E-state index in [1.165, 1.54) is 16.2 Å². The molecular weight excluding hydrogens is 238 g/mol. The van der Waals surface area contributed by atoms with E-state index >= 15 is 0 Å². The summed E-state index contributed by atoms with van der Waals surface area (Å²) in [6, 6.07) is 3.10. The number of hydrogen-bond acceptors (Lipinski definition) is 4. The summed E-state index contributed by atoms with van der Waals surface area (Å²) in [6.07, 6.45) is 2.02. The Morgan fingerprint density at radius 2 is 2.44 bits per heavy atom. The molecule has 0 amide bonds. The Balaban J connectivity index is 2.05. The van der Waals surface area contributed by atoms with E-state index < -0.39 is 0 Å². The molecule has 0 aliphatic carbocycles. The highest BCUT2D eigenvalue weighted by molar-refractivity contribution is 8.01. The molecule has 2 rings (SSSR count). The number of thiophene rings is 1. The number of aliphatic hydroxyl groups excluding tert-OH is 1. The zero-order valence-electron chi connectivity index (χ0n) is 9.77. The molecule has 1 aliphatic rings. The molecule has 1 aromatic rings. The van der Waals surface area contributed by atoms with E-state index in [-0.39, 0.29) is 6.61 Å². The molecule has 2 unspecified atom stereocenters. The lowest BCUT2D eigenvalue weighted by Gasteiger charge is -2.30. The SMILES string of the molecule is CC(CCO)NC1C[C@H](C)Sc2sccc21. The van der Waals surface area contributed by atoms with Crippen molar-refractivity contribution in [3.8, 4) is 0 Å². The molecule has 0 spiro atoms. The van der Waals surface area contributed by atoms with Crippen molar-refractivity contribution >= 4 is 23.1 Å². The van der Waals surface area contributed by atoms with Gasteiger partial charge in [-0.15, -0.1) is 23.1 Å². The van der Waals surface area contributed by atoms with Gasteiger partial charge in [-0.1, -0.05) is 6.92 Å². The Bertz CT molecular complexity index is 340. The van der Waals surface area contributed by atoms with Crippen LogP contribution in [0.2, 0.25) is 0 Å². The van der Waals surface area contributed by atoms with Crippen LogP contribution in [0.15, 0.2) is 15.7 Å². The lowest BCUT2D eigenvalue weighted by molar-refractivity contribution is 0.261. The molecule has 4 heteroatoms. The molecule has 2 heterocycles. The summed E-state index contributed by atoms with van der Waals surface area (Å²) in [5.41, 5.74) is 1.46. The first-order valence-corrected chi connectivity index (χ1v) is 7.57. The lowest BCUT2D eigenvalue weighted by Crippen LogP contribution is -2.34. The van der Waals surface area contributed by atoms with E-state index in [2.05, 4.69) is 30.6 Å². The zero-order chi connectivity index (χ0) is 11.5. The Hall–Kier alpha value is -0.0300. The van der Waals surface area contributed by atoms with Gasteiger partial charge in [0.05, 0.1) is 4.21 Å². The van der Waals surface area contributed by atoms with Crippen molar-refractivity contribution in [1.29, 1.82) is 0 Å². The highest BCUT2D eigenvalue weighted by Gasteiger charge is 2.26. The Morgan fingerprint density at radius 3 is 3.19 bits per heavy atom. The van der Waals surface area contributed by atoms with Gasteiger partial charge in [0.2, 0.25) is 0 Å². The van der Waals surface area contributed by atoms with E-state index in [1.807, 2.05) is 23.1 Å². The standard InChI is InChI=1S/C12H19NOS2/c1-8(3-5-14)13-11-7-9(2)16-12-10(11)4-6-15-12/h4,6,8-9,11,13-14H,3,5,7H2,1-2H3/t8?,9-,11?/m0/s1. The Labute approximate surface area is 105 Å². The van der Waals surface area contributed by atoms with E-state index in [9.17, 15) is 0 Å². The first-order chi connectivity index (χ1) is 7.70.